The summed E-state index contributed by atoms with van der Waals surface area (Å²) >= 11 is 0. The number of halogens is 1. The molecule has 152 valence electrons. The number of carbonyl (C=O) groups is 1. The summed E-state index contributed by atoms with van der Waals surface area (Å²) in [5, 5.41) is 2.74. The monoisotopic (exact) mass is 408 g/mol. The fourth-order valence-electron chi connectivity index (χ4n) is 2.66. The summed E-state index contributed by atoms with van der Waals surface area (Å²) in [4.78, 5) is 13.2. The number of hydrogen-bond donors (Lipinski definition) is 2. The van der Waals surface area contributed by atoms with Crippen molar-refractivity contribution in [2.24, 2.45) is 0 Å². The largest absolute Gasteiger partial charge is 0.326 e. The minimum atomic E-state index is -3.56. The molecule has 0 aromatic heterocycles. The summed E-state index contributed by atoms with van der Waals surface area (Å²) < 4.78 is 39.9. The second kappa shape index (κ2) is 9.27. The topological polar surface area (TPSA) is 70.9 Å². The fourth-order valence-corrected chi connectivity index (χ4v) is 4.03. The van der Waals surface area contributed by atoms with Gasteiger partial charge in [-0.05, 0) is 44.2 Å². The smallest absolute Gasteiger partial charge is 0.279 e. The first-order valence-electron chi connectivity index (χ1n) is 9.04. The highest BCUT2D eigenvalue weighted by molar-refractivity contribution is 7.89. The van der Waals surface area contributed by atoms with Crippen molar-refractivity contribution in [3.63, 3.8) is 0 Å². The van der Waals surface area contributed by atoms with Crippen LogP contribution in [-0.4, -0.2) is 45.3 Å². The third-order valence-corrected chi connectivity index (χ3v) is 6.50. The van der Waals surface area contributed by atoms with Crippen molar-refractivity contribution in [3.05, 3.63) is 59.9 Å². The summed E-state index contributed by atoms with van der Waals surface area (Å²) in [6.45, 7) is 4.14. The maximum absolute atomic E-state index is 13.7. The molecule has 2 aromatic carbocycles. The van der Waals surface area contributed by atoms with E-state index in [1.807, 2.05) is 7.05 Å². The molecule has 0 spiro atoms. The normalized spacial score (nSPS) is 13.0. The zero-order chi connectivity index (χ0) is 20.9. The van der Waals surface area contributed by atoms with Gasteiger partial charge in [0, 0.05) is 24.3 Å². The Bertz CT molecular complexity index is 915. The van der Waals surface area contributed by atoms with Crippen molar-refractivity contribution in [2.45, 2.75) is 31.3 Å². The van der Waals surface area contributed by atoms with Gasteiger partial charge in [0.25, 0.3) is 5.91 Å². The van der Waals surface area contributed by atoms with Crippen LogP contribution in [0.3, 0.4) is 0 Å². The van der Waals surface area contributed by atoms with Gasteiger partial charge in [-0.1, -0.05) is 18.2 Å². The van der Waals surface area contributed by atoms with E-state index in [4.69, 9.17) is 0 Å². The SMILES string of the molecule is CC(C)N(C)S(=O)(=O)c1ccc(NC(=O)C[NH+](C)Cc2ccccc2F)cc1. The van der Waals surface area contributed by atoms with Crippen molar-refractivity contribution >= 4 is 21.6 Å². The van der Waals surface area contributed by atoms with Crippen molar-refractivity contribution in [3.8, 4) is 0 Å². The van der Waals surface area contributed by atoms with Crippen LogP contribution >= 0.6 is 0 Å². The second-order valence-corrected chi connectivity index (χ2v) is 9.09. The van der Waals surface area contributed by atoms with Crippen LogP contribution in [0.2, 0.25) is 0 Å². The van der Waals surface area contributed by atoms with E-state index in [1.165, 1.54) is 29.6 Å². The van der Waals surface area contributed by atoms with Gasteiger partial charge in [0.15, 0.2) is 6.54 Å². The molecule has 0 fully saturated rings. The third-order valence-electron chi connectivity index (χ3n) is 4.45. The van der Waals surface area contributed by atoms with Crippen molar-refractivity contribution < 1.29 is 22.5 Å². The van der Waals surface area contributed by atoms with Crippen LogP contribution in [0.15, 0.2) is 53.4 Å². The quantitative estimate of drug-likeness (QED) is 0.696. The van der Waals surface area contributed by atoms with Gasteiger partial charge in [-0.3, -0.25) is 4.79 Å². The van der Waals surface area contributed by atoms with E-state index in [2.05, 4.69) is 5.32 Å². The Kier molecular flexibility index (Phi) is 7.29. The summed E-state index contributed by atoms with van der Waals surface area (Å²) in [7, 11) is -0.220. The van der Waals surface area contributed by atoms with Crippen LogP contribution in [0, 0.1) is 5.82 Å². The van der Waals surface area contributed by atoms with Crippen LogP contribution in [0.5, 0.6) is 0 Å². The zero-order valence-electron chi connectivity index (χ0n) is 16.6. The van der Waals surface area contributed by atoms with E-state index in [0.717, 1.165) is 4.90 Å². The molecule has 0 bridgehead atoms. The highest BCUT2D eigenvalue weighted by Gasteiger charge is 2.23. The molecule has 2 aromatic rings. The maximum atomic E-state index is 13.7. The molecule has 0 aliphatic rings. The molecule has 2 rings (SSSR count). The van der Waals surface area contributed by atoms with Gasteiger partial charge in [-0.15, -0.1) is 0 Å². The van der Waals surface area contributed by atoms with Gasteiger partial charge in [-0.25, -0.2) is 12.8 Å². The molecule has 0 aliphatic carbocycles. The fraction of sp³-hybridized carbons (Fsp3) is 0.350. The summed E-state index contributed by atoms with van der Waals surface area (Å²) in [5.41, 5.74) is 1.06. The number of nitrogens with one attached hydrogen (secondary N) is 2. The van der Waals surface area contributed by atoms with Crippen molar-refractivity contribution in [1.29, 1.82) is 0 Å². The van der Waals surface area contributed by atoms with Crippen LogP contribution in [0.25, 0.3) is 0 Å². The number of quaternary nitrogens is 1. The molecule has 0 radical (unpaired) electrons. The Morgan fingerprint density at radius 2 is 1.75 bits per heavy atom. The molecule has 28 heavy (non-hydrogen) atoms. The van der Waals surface area contributed by atoms with Crippen LogP contribution in [0.4, 0.5) is 10.1 Å². The lowest BCUT2D eigenvalue weighted by atomic mass is 10.2. The zero-order valence-corrected chi connectivity index (χ0v) is 17.4. The van der Waals surface area contributed by atoms with Gasteiger partial charge in [-0.2, -0.15) is 4.31 Å². The Balaban J connectivity index is 1.96. The molecule has 6 nitrogen and oxygen atoms in total. The molecule has 0 saturated heterocycles. The molecular weight excluding hydrogens is 381 g/mol. The number of hydrogen-bond acceptors (Lipinski definition) is 3. The second-order valence-electron chi connectivity index (χ2n) is 7.09. The molecule has 0 heterocycles. The van der Waals surface area contributed by atoms with Gasteiger partial charge in [0.2, 0.25) is 10.0 Å². The van der Waals surface area contributed by atoms with Crippen LogP contribution < -0.4 is 10.2 Å². The number of carbonyl (C=O) groups excluding carboxylic acids is 1. The van der Waals surface area contributed by atoms with E-state index in [-0.39, 0.29) is 29.2 Å². The highest BCUT2D eigenvalue weighted by Crippen LogP contribution is 2.18. The lowest BCUT2D eigenvalue weighted by molar-refractivity contribution is -0.885. The number of benzene rings is 2. The van der Waals surface area contributed by atoms with Crippen LogP contribution in [0.1, 0.15) is 19.4 Å². The van der Waals surface area contributed by atoms with E-state index in [0.29, 0.717) is 17.8 Å². The Hall–Kier alpha value is -2.29. The molecule has 0 saturated carbocycles. The maximum Gasteiger partial charge on any atom is 0.279 e. The summed E-state index contributed by atoms with van der Waals surface area (Å²) in [5.74, 6) is -0.519. The highest BCUT2D eigenvalue weighted by atomic mass is 32.2. The lowest BCUT2D eigenvalue weighted by Crippen LogP contribution is -3.08. The Morgan fingerprint density at radius 3 is 2.32 bits per heavy atom. The third kappa shape index (κ3) is 5.60. The average Bonchev–Trinajstić information content (AvgIpc) is 2.63. The molecule has 1 amide bonds. The van der Waals surface area contributed by atoms with E-state index < -0.39 is 10.0 Å². The number of nitrogens with zero attached hydrogens (tertiary/aromatic N) is 1. The van der Waals surface area contributed by atoms with Crippen LogP contribution in [-0.2, 0) is 21.4 Å². The first-order chi connectivity index (χ1) is 13.1. The number of amides is 1. The first-order valence-corrected chi connectivity index (χ1v) is 10.5. The number of anilines is 1. The predicted molar refractivity (Wildman–Crippen MR) is 107 cm³/mol. The number of likely N-dealkylation sites (N-methyl/N-ethyl adjacent to an activating group) is 1. The molecule has 1 unspecified atom stereocenters. The van der Waals surface area contributed by atoms with E-state index in [1.54, 1.807) is 44.2 Å². The van der Waals surface area contributed by atoms with Crippen molar-refractivity contribution in [2.75, 3.05) is 26.0 Å². The molecule has 2 N–H and O–H groups in total. The first kappa shape index (κ1) is 22.0. The van der Waals surface area contributed by atoms with Gasteiger partial charge in [0.05, 0.1) is 11.9 Å². The van der Waals surface area contributed by atoms with E-state index >= 15 is 0 Å². The molecular formula is C20H27FN3O3S+. The van der Waals surface area contributed by atoms with Gasteiger partial charge in [0.1, 0.15) is 12.4 Å². The van der Waals surface area contributed by atoms with Gasteiger partial charge >= 0.3 is 0 Å². The summed E-state index contributed by atoms with van der Waals surface area (Å²) in [6, 6.07) is 12.4. The average molecular weight is 409 g/mol. The minimum absolute atomic E-state index is 0.155. The molecule has 8 heteroatoms. The Morgan fingerprint density at radius 1 is 1.14 bits per heavy atom. The number of sulfonamides is 1. The molecule has 0 aliphatic heterocycles. The lowest BCUT2D eigenvalue weighted by Gasteiger charge is -2.21. The standard InChI is InChI=1S/C20H26FN3O3S/c1-15(2)24(4)28(26,27)18-11-9-17(10-12-18)22-20(25)14-23(3)13-16-7-5-6-8-19(16)21/h5-12,15H,13-14H2,1-4H3,(H,22,25)/p+1. The number of rotatable bonds is 8. The Labute approximate surface area is 166 Å². The summed E-state index contributed by atoms with van der Waals surface area (Å²) in [6.07, 6.45) is 0. The van der Waals surface area contributed by atoms with Gasteiger partial charge < -0.3 is 10.2 Å². The van der Waals surface area contributed by atoms with E-state index in [9.17, 15) is 17.6 Å². The predicted octanol–water partition coefficient (Wildman–Crippen LogP) is 1.51. The van der Waals surface area contributed by atoms with Crippen molar-refractivity contribution in [1.82, 2.24) is 4.31 Å². The minimum Gasteiger partial charge on any atom is -0.326 e. The molecule has 1 atom stereocenters.